The number of halogens is 6. The van der Waals surface area contributed by atoms with Gasteiger partial charge in [-0.25, -0.2) is 0 Å². The molecule has 1 N–H and O–H groups in total. The highest BCUT2D eigenvalue weighted by Gasteiger charge is 2.37. The molecule has 1 aliphatic heterocycles. The van der Waals surface area contributed by atoms with Gasteiger partial charge in [-0.3, -0.25) is 9.69 Å². The summed E-state index contributed by atoms with van der Waals surface area (Å²) >= 11 is 0. The van der Waals surface area contributed by atoms with Crippen LogP contribution < -0.4 is 5.32 Å². The number of hydrogen-bond donors (Lipinski definition) is 1. The number of rotatable bonds is 4. The SMILES string of the molecule is CCN1CCCN(CC(=O)Nc2cc(C(F)(F)F)cc(C(F)(F)F)c2)CC1. The van der Waals surface area contributed by atoms with Crippen molar-refractivity contribution in [2.45, 2.75) is 25.7 Å². The molecule has 0 aromatic heterocycles. The Morgan fingerprint density at radius 3 is 1.96 bits per heavy atom. The van der Waals surface area contributed by atoms with E-state index in [1.165, 1.54) is 0 Å². The maximum absolute atomic E-state index is 12.9. The van der Waals surface area contributed by atoms with Crippen LogP contribution >= 0.6 is 0 Å². The molecule has 152 valence electrons. The minimum atomic E-state index is -4.95. The van der Waals surface area contributed by atoms with Crippen molar-refractivity contribution in [3.8, 4) is 0 Å². The minimum Gasteiger partial charge on any atom is -0.325 e. The number of benzene rings is 1. The van der Waals surface area contributed by atoms with Gasteiger partial charge in [0, 0.05) is 18.8 Å². The molecule has 1 heterocycles. The number of amides is 1. The van der Waals surface area contributed by atoms with Gasteiger partial charge in [-0.2, -0.15) is 26.3 Å². The summed E-state index contributed by atoms with van der Waals surface area (Å²) in [5.41, 5.74) is -3.44. The predicted molar refractivity (Wildman–Crippen MR) is 88.2 cm³/mol. The van der Waals surface area contributed by atoms with Crippen molar-refractivity contribution in [3.05, 3.63) is 29.3 Å². The first-order valence-electron chi connectivity index (χ1n) is 8.53. The zero-order chi connectivity index (χ0) is 20.2. The Bertz CT molecular complexity index is 627. The molecule has 0 radical (unpaired) electrons. The summed E-state index contributed by atoms with van der Waals surface area (Å²) in [4.78, 5) is 16.2. The van der Waals surface area contributed by atoms with Crippen molar-refractivity contribution < 1.29 is 31.1 Å². The van der Waals surface area contributed by atoms with E-state index < -0.39 is 35.1 Å². The molecule has 1 aromatic carbocycles. The largest absolute Gasteiger partial charge is 0.416 e. The van der Waals surface area contributed by atoms with Crippen LogP contribution in [0.25, 0.3) is 0 Å². The predicted octanol–water partition coefficient (Wildman–Crippen LogP) is 3.69. The van der Waals surface area contributed by atoms with Crippen LogP contribution in [0.4, 0.5) is 32.0 Å². The van der Waals surface area contributed by atoms with Crippen molar-refractivity contribution in [1.29, 1.82) is 0 Å². The van der Waals surface area contributed by atoms with E-state index in [2.05, 4.69) is 10.2 Å². The van der Waals surface area contributed by atoms with E-state index >= 15 is 0 Å². The maximum Gasteiger partial charge on any atom is 0.416 e. The lowest BCUT2D eigenvalue weighted by Crippen LogP contribution is -2.36. The molecular weight excluding hydrogens is 376 g/mol. The summed E-state index contributed by atoms with van der Waals surface area (Å²) in [6.07, 6.45) is -9.06. The lowest BCUT2D eigenvalue weighted by atomic mass is 10.1. The van der Waals surface area contributed by atoms with Gasteiger partial charge >= 0.3 is 12.4 Å². The Balaban J connectivity index is 2.10. The molecule has 0 unspecified atom stereocenters. The molecule has 2 rings (SSSR count). The van der Waals surface area contributed by atoms with E-state index in [4.69, 9.17) is 0 Å². The zero-order valence-corrected chi connectivity index (χ0v) is 14.8. The average molecular weight is 397 g/mol. The van der Waals surface area contributed by atoms with E-state index in [1.807, 2.05) is 11.8 Å². The number of carbonyl (C=O) groups is 1. The lowest BCUT2D eigenvalue weighted by Gasteiger charge is -2.20. The van der Waals surface area contributed by atoms with Crippen LogP contribution in [0.2, 0.25) is 0 Å². The first-order chi connectivity index (χ1) is 12.5. The Morgan fingerprint density at radius 2 is 1.44 bits per heavy atom. The number of anilines is 1. The van der Waals surface area contributed by atoms with Crippen LogP contribution in [0, 0.1) is 0 Å². The van der Waals surface area contributed by atoms with E-state index in [1.54, 1.807) is 0 Å². The number of nitrogens with one attached hydrogen (secondary N) is 1. The molecular formula is C17H21F6N3O. The van der Waals surface area contributed by atoms with Crippen molar-refractivity contribution in [2.24, 2.45) is 0 Å². The summed E-state index contributed by atoms with van der Waals surface area (Å²) in [7, 11) is 0. The van der Waals surface area contributed by atoms with E-state index in [9.17, 15) is 31.1 Å². The summed E-state index contributed by atoms with van der Waals surface area (Å²) in [5.74, 6) is -0.646. The lowest BCUT2D eigenvalue weighted by molar-refractivity contribution is -0.143. The Morgan fingerprint density at radius 1 is 0.926 bits per heavy atom. The Labute approximate surface area is 153 Å². The Hall–Kier alpha value is -1.81. The fraction of sp³-hybridized carbons (Fsp3) is 0.588. The van der Waals surface area contributed by atoms with Crippen LogP contribution in [-0.4, -0.2) is 55.0 Å². The van der Waals surface area contributed by atoms with Crippen LogP contribution in [0.1, 0.15) is 24.5 Å². The monoisotopic (exact) mass is 397 g/mol. The highest BCUT2D eigenvalue weighted by Crippen LogP contribution is 2.37. The molecule has 0 saturated carbocycles. The second-order valence-electron chi connectivity index (χ2n) is 6.41. The normalized spacial score (nSPS) is 17.6. The molecule has 1 aromatic rings. The first kappa shape index (κ1) is 21.5. The van der Waals surface area contributed by atoms with Crippen LogP contribution in [-0.2, 0) is 17.1 Å². The van der Waals surface area contributed by atoms with Gasteiger partial charge in [0.15, 0.2) is 0 Å². The second-order valence-corrected chi connectivity index (χ2v) is 6.41. The minimum absolute atomic E-state index is 0.0315. The third-order valence-corrected chi connectivity index (χ3v) is 4.37. The van der Waals surface area contributed by atoms with Crippen molar-refractivity contribution in [1.82, 2.24) is 9.80 Å². The highest BCUT2D eigenvalue weighted by atomic mass is 19.4. The summed E-state index contributed by atoms with van der Waals surface area (Å²) in [5, 5.41) is 2.17. The van der Waals surface area contributed by atoms with E-state index in [0.29, 0.717) is 25.2 Å². The van der Waals surface area contributed by atoms with Crippen molar-refractivity contribution in [3.63, 3.8) is 0 Å². The third kappa shape index (κ3) is 6.39. The van der Waals surface area contributed by atoms with Crippen LogP contribution in [0.3, 0.4) is 0 Å². The molecule has 1 aliphatic rings. The van der Waals surface area contributed by atoms with Gasteiger partial charge in [0.2, 0.25) is 5.91 Å². The molecule has 0 aliphatic carbocycles. The van der Waals surface area contributed by atoms with Gasteiger partial charge < -0.3 is 10.2 Å². The Kier molecular flexibility index (Phi) is 6.74. The zero-order valence-electron chi connectivity index (χ0n) is 14.8. The molecule has 27 heavy (non-hydrogen) atoms. The smallest absolute Gasteiger partial charge is 0.325 e. The third-order valence-electron chi connectivity index (χ3n) is 4.37. The van der Waals surface area contributed by atoms with Crippen LogP contribution in [0.5, 0.6) is 0 Å². The number of hydrogen-bond acceptors (Lipinski definition) is 3. The van der Waals surface area contributed by atoms with Gasteiger partial charge in [-0.15, -0.1) is 0 Å². The summed E-state index contributed by atoms with van der Waals surface area (Å²) < 4.78 is 77.2. The topological polar surface area (TPSA) is 35.6 Å². The van der Waals surface area contributed by atoms with Gasteiger partial charge in [-0.1, -0.05) is 6.92 Å². The fourth-order valence-electron chi connectivity index (χ4n) is 2.93. The fourth-order valence-corrected chi connectivity index (χ4v) is 2.93. The highest BCUT2D eigenvalue weighted by molar-refractivity contribution is 5.92. The molecule has 0 bridgehead atoms. The van der Waals surface area contributed by atoms with Gasteiger partial charge in [-0.05, 0) is 44.3 Å². The molecule has 4 nitrogen and oxygen atoms in total. The molecule has 1 fully saturated rings. The summed E-state index contributed by atoms with van der Waals surface area (Å²) in [6, 6.07) is 1.05. The van der Waals surface area contributed by atoms with E-state index in [-0.39, 0.29) is 12.6 Å². The standard InChI is InChI=1S/C17H21F6N3O/c1-2-25-4-3-5-26(7-6-25)11-15(27)24-14-9-12(16(18,19)20)8-13(10-14)17(21,22)23/h8-10H,2-7,11H2,1H3,(H,24,27). The average Bonchev–Trinajstić information content (AvgIpc) is 2.78. The number of likely N-dealkylation sites (N-methyl/N-ethyl adjacent to an activating group) is 1. The number of nitrogens with zero attached hydrogens (tertiary/aromatic N) is 2. The quantitative estimate of drug-likeness (QED) is 0.788. The maximum atomic E-state index is 12.9. The number of carbonyl (C=O) groups excluding carboxylic acids is 1. The number of alkyl halides is 6. The first-order valence-corrected chi connectivity index (χ1v) is 8.53. The van der Waals surface area contributed by atoms with Crippen LogP contribution in [0.15, 0.2) is 18.2 Å². The van der Waals surface area contributed by atoms with Crippen molar-refractivity contribution >= 4 is 11.6 Å². The van der Waals surface area contributed by atoms with Gasteiger partial charge in [0.25, 0.3) is 0 Å². The van der Waals surface area contributed by atoms with Gasteiger partial charge in [0.1, 0.15) is 0 Å². The van der Waals surface area contributed by atoms with Crippen molar-refractivity contribution in [2.75, 3.05) is 44.6 Å². The van der Waals surface area contributed by atoms with E-state index in [0.717, 1.165) is 26.1 Å². The molecule has 1 amide bonds. The second kappa shape index (κ2) is 8.47. The molecule has 0 atom stereocenters. The molecule has 0 spiro atoms. The summed E-state index contributed by atoms with van der Waals surface area (Å²) in [6.45, 7) is 5.70. The molecule has 1 saturated heterocycles. The van der Waals surface area contributed by atoms with Gasteiger partial charge in [0.05, 0.1) is 17.7 Å². The molecule has 10 heteroatoms.